The zero-order valence-electron chi connectivity index (χ0n) is 11.3. The highest BCUT2D eigenvalue weighted by Crippen LogP contribution is 2.17. The van der Waals surface area contributed by atoms with E-state index in [0.717, 1.165) is 11.3 Å². The van der Waals surface area contributed by atoms with E-state index in [4.69, 9.17) is 0 Å². The Morgan fingerprint density at radius 1 is 1.12 bits per heavy atom. The topological polar surface area (TPSA) is 20.3 Å². The van der Waals surface area contributed by atoms with Crippen LogP contribution in [0.3, 0.4) is 0 Å². The number of rotatable bonds is 3. The van der Waals surface area contributed by atoms with E-state index in [1.165, 1.54) is 0 Å². The molecule has 0 aliphatic carbocycles. The predicted molar refractivity (Wildman–Crippen MR) is 74.3 cm³/mol. The van der Waals surface area contributed by atoms with Gasteiger partial charge in [-0.3, -0.25) is 4.79 Å². The molecule has 17 heavy (non-hydrogen) atoms. The molecule has 0 fully saturated rings. The lowest BCUT2D eigenvalue weighted by Gasteiger charge is -2.13. The number of carbonyl (C=O) groups excluding carboxylic acids is 1. The summed E-state index contributed by atoms with van der Waals surface area (Å²) in [5, 5.41) is 0. The maximum absolute atomic E-state index is 11.7. The van der Waals surface area contributed by atoms with E-state index in [0.29, 0.717) is 0 Å². The summed E-state index contributed by atoms with van der Waals surface area (Å²) in [7, 11) is 4.02. The van der Waals surface area contributed by atoms with Crippen LogP contribution in [-0.2, 0) is 4.79 Å². The van der Waals surface area contributed by atoms with E-state index in [9.17, 15) is 4.79 Å². The molecule has 2 heteroatoms. The molecule has 1 rings (SSSR count). The molecule has 1 aromatic carbocycles. The molecule has 1 aromatic rings. The Hall–Kier alpha value is -1.57. The third-order valence-corrected chi connectivity index (χ3v) is 2.58. The molecule has 0 unspecified atom stereocenters. The summed E-state index contributed by atoms with van der Waals surface area (Å²) in [5.74, 6) is 0.147. The highest BCUT2D eigenvalue weighted by molar-refractivity contribution is 5.97. The van der Waals surface area contributed by atoms with Gasteiger partial charge in [0.2, 0.25) is 0 Å². The largest absolute Gasteiger partial charge is 0.378 e. The molecule has 0 atom stereocenters. The van der Waals surface area contributed by atoms with Gasteiger partial charge in [-0.15, -0.1) is 0 Å². The van der Waals surface area contributed by atoms with Crippen LogP contribution in [0.4, 0.5) is 5.69 Å². The molecular formula is C15H21NO. The van der Waals surface area contributed by atoms with Crippen LogP contribution in [0.5, 0.6) is 0 Å². The molecule has 0 saturated carbocycles. The van der Waals surface area contributed by atoms with E-state index in [1.54, 1.807) is 6.08 Å². The van der Waals surface area contributed by atoms with E-state index in [-0.39, 0.29) is 11.2 Å². The number of benzene rings is 1. The number of anilines is 1. The number of hydrogen-bond donors (Lipinski definition) is 0. The second-order valence-electron chi connectivity index (χ2n) is 5.43. The molecule has 0 spiro atoms. The average molecular weight is 231 g/mol. The van der Waals surface area contributed by atoms with E-state index in [2.05, 4.69) is 0 Å². The molecule has 0 aliphatic rings. The fraction of sp³-hybridized carbons (Fsp3) is 0.400. The third-order valence-electron chi connectivity index (χ3n) is 2.58. The van der Waals surface area contributed by atoms with Crippen molar-refractivity contribution >= 4 is 17.5 Å². The van der Waals surface area contributed by atoms with Crippen molar-refractivity contribution in [3.05, 3.63) is 35.9 Å². The average Bonchev–Trinajstić information content (AvgIpc) is 2.25. The van der Waals surface area contributed by atoms with E-state index >= 15 is 0 Å². The van der Waals surface area contributed by atoms with Gasteiger partial charge >= 0.3 is 0 Å². The molecular weight excluding hydrogens is 210 g/mol. The van der Waals surface area contributed by atoms with Gasteiger partial charge in [-0.25, -0.2) is 0 Å². The molecule has 0 heterocycles. The Labute approximate surface area is 104 Å². The van der Waals surface area contributed by atoms with Crippen LogP contribution in [0, 0.1) is 5.41 Å². The van der Waals surface area contributed by atoms with Crippen molar-refractivity contribution in [1.82, 2.24) is 0 Å². The lowest BCUT2D eigenvalue weighted by atomic mass is 9.90. The number of nitrogens with zero attached hydrogens (tertiary/aromatic N) is 1. The third kappa shape index (κ3) is 4.06. The first-order valence-electron chi connectivity index (χ1n) is 5.80. The summed E-state index contributed by atoms with van der Waals surface area (Å²) in [5.41, 5.74) is 1.90. The second-order valence-corrected chi connectivity index (χ2v) is 5.43. The molecule has 0 radical (unpaired) electrons. The minimum Gasteiger partial charge on any atom is -0.378 e. The van der Waals surface area contributed by atoms with Crippen molar-refractivity contribution in [2.45, 2.75) is 20.8 Å². The van der Waals surface area contributed by atoms with Crippen LogP contribution in [0.1, 0.15) is 26.3 Å². The van der Waals surface area contributed by atoms with Crippen LogP contribution < -0.4 is 4.90 Å². The zero-order chi connectivity index (χ0) is 13.1. The van der Waals surface area contributed by atoms with Gasteiger partial charge in [0.15, 0.2) is 5.78 Å². The number of allylic oxidation sites excluding steroid dienone is 1. The van der Waals surface area contributed by atoms with Crippen molar-refractivity contribution in [2.75, 3.05) is 19.0 Å². The molecule has 0 aliphatic heterocycles. The van der Waals surface area contributed by atoms with Gasteiger partial charge in [0, 0.05) is 25.2 Å². The quantitative estimate of drug-likeness (QED) is 0.743. The molecule has 0 aromatic heterocycles. The maximum Gasteiger partial charge on any atom is 0.161 e. The van der Waals surface area contributed by atoms with Gasteiger partial charge in [-0.1, -0.05) is 39.0 Å². The van der Waals surface area contributed by atoms with Crippen LogP contribution in [-0.4, -0.2) is 19.9 Å². The number of ketones is 1. The number of hydrogen-bond acceptors (Lipinski definition) is 2. The Kier molecular flexibility index (Phi) is 4.11. The summed E-state index contributed by atoms with van der Waals surface area (Å²) < 4.78 is 0. The molecule has 92 valence electrons. The molecule has 0 saturated heterocycles. The lowest BCUT2D eigenvalue weighted by Crippen LogP contribution is -2.17. The Bertz CT molecular complexity index is 408. The Morgan fingerprint density at radius 2 is 1.65 bits per heavy atom. The fourth-order valence-corrected chi connectivity index (χ4v) is 1.31. The zero-order valence-corrected chi connectivity index (χ0v) is 11.3. The monoisotopic (exact) mass is 231 g/mol. The first-order chi connectivity index (χ1) is 7.80. The summed E-state index contributed by atoms with van der Waals surface area (Å²) >= 11 is 0. The summed E-state index contributed by atoms with van der Waals surface area (Å²) in [6.07, 6.45) is 3.53. The highest BCUT2D eigenvalue weighted by Gasteiger charge is 2.17. The highest BCUT2D eigenvalue weighted by atomic mass is 16.1. The van der Waals surface area contributed by atoms with Crippen LogP contribution >= 0.6 is 0 Å². The summed E-state index contributed by atoms with van der Waals surface area (Å²) in [6, 6.07) is 8.12. The van der Waals surface area contributed by atoms with Crippen molar-refractivity contribution in [2.24, 2.45) is 5.41 Å². The van der Waals surface area contributed by atoms with E-state index < -0.39 is 0 Å². The van der Waals surface area contributed by atoms with Gasteiger partial charge < -0.3 is 4.90 Å². The standard InChI is InChI=1S/C15H21NO/c1-15(2,3)14(17)11-8-12-6-9-13(10-7-12)16(4)5/h6-11H,1-5H3/b11-8-. The summed E-state index contributed by atoms with van der Waals surface area (Å²) in [4.78, 5) is 13.8. The van der Waals surface area contributed by atoms with Crippen LogP contribution in [0.25, 0.3) is 6.08 Å². The minimum absolute atomic E-state index is 0.147. The van der Waals surface area contributed by atoms with Crippen molar-refractivity contribution in [1.29, 1.82) is 0 Å². The Morgan fingerprint density at radius 3 is 2.06 bits per heavy atom. The first-order valence-corrected chi connectivity index (χ1v) is 5.80. The molecule has 0 bridgehead atoms. The van der Waals surface area contributed by atoms with Gasteiger partial charge in [-0.2, -0.15) is 0 Å². The predicted octanol–water partition coefficient (Wildman–Crippen LogP) is 3.38. The molecule has 0 amide bonds. The van der Waals surface area contributed by atoms with Crippen LogP contribution in [0.2, 0.25) is 0 Å². The van der Waals surface area contributed by atoms with Gasteiger partial charge in [-0.05, 0) is 23.8 Å². The molecule has 2 nitrogen and oxygen atoms in total. The fourth-order valence-electron chi connectivity index (χ4n) is 1.31. The Balaban J connectivity index is 2.76. The van der Waals surface area contributed by atoms with E-state index in [1.807, 2.05) is 70.1 Å². The summed E-state index contributed by atoms with van der Waals surface area (Å²) in [6.45, 7) is 5.78. The smallest absolute Gasteiger partial charge is 0.161 e. The number of carbonyl (C=O) groups is 1. The normalized spacial score (nSPS) is 11.8. The van der Waals surface area contributed by atoms with Crippen molar-refractivity contribution in [3.63, 3.8) is 0 Å². The SMILES string of the molecule is CN(C)c1ccc(/C=C\C(=O)C(C)(C)C)cc1. The minimum atomic E-state index is -0.305. The maximum atomic E-state index is 11.7. The van der Waals surface area contributed by atoms with Crippen molar-refractivity contribution in [3.8, 4) is 0 Å². The van der Waals surface area contributed by atoms with Crippen molar-refractivity contribution < 1.29 is 4.79 Å². The first kappa shape index (κ1) is 13.5. The van der Waals surface area contributed by atoms with Gasteiger partial charge in [0.1, 0.15) is 0 Å². The van der Waals surface area contributed by atoms with Gasteiger partial charge in [0.25, 0.3) is 0 Å². The lowest BCUT2D eigenvalue weighted by molar-refractivity contribution is -0.121. The van der Waals surface area contributed by atoms with Gasteiger partial charge in [0.05, 0.1) is 0 Å². The van der Waals surface area contributed by atoms with Crippen LogP contribution in [0.15, 0.2) is 30.3 Å². The second kappa shape index (κ2) is 5.17. The molecule has 0 N–H and O–H groups in total.